The van der Waals surface area contributed by atoms with Crippen LogP contribution in [0.4, 0.5) is 0 Å². The van der Waals surface area contributed by atoms with Crippen LogP contribution in [-0.2, 0) is 9.53 Å². The van der Waals surface area contributed by atoms with Crippen LogP contribution in [0.2, 0.25) is 0 Å². The van der Waals surface area contributed by atoms with Gasteiger partial charge in [0.2, 0.25) is 0 Å². The Kier molecular flexibility index (Phi) is 2.59. The highest BCUT2D eigenvalue weighted by Gasteiger charge is 2.27. The molecule has 1 saturated heterocycles. The zero-order valence-electron chi connectivity index (χ0n) is 8.27. The van der Waals surface area contributed by atoms with Crippen molar-refractivity contribution in [2.75, 3.05) is 0 Å². The summed E-state index contributed by atoms with van der Waals surface area (Å²) in [5.74, 6) is -0.112. The summed E-state index contributed by atoms with van der Waals surface area (Å²) in [6.07, 6.45) is 1.15. The van der Waals surface area contributed by atoms with E-state index in [0.29, 0.717) is 6.42 Å². The normalized spacial score (nSPS) is 20.3. The van der Waals surface area contributed by atoms with Gasteiger partial charge in [-0.2, -0.15) is 0 Å². The fraction of sp³-hybridized carbons (Fsp3) is 0.273. The van der Waals surface area contributed by atoms with Gasteiger partial charge in [-0.05, 0) is 40.8 Å². The van der Waals surface area contributed by atoms with Crippen LogP contribution >= 0.6 is 33.9 Å². The van der Waals surface area contributed by atoms with Crippen LogP contribution in [0.1, 0.15) is 24.0 Å². The van der Waals surface area contributed by atoms with Crippen LogP contribution < -0.4 is 0 Å². The van der Waals surface area contributed by atoms with Gasteiger partial charge in [0.25, 0.3) is 0 Å². The maximum Gasteiger partial charge on any atom is 0.306 e. The third-order valence-electron chi connectivity index (χ3n) is 2.53. The van der Waals surface area contributed by atoms with Gasteiger partial charge in [-0.25, -0.2) is 4.98 Å². The monoisotopic (exact) mass is 345 g/mol. The first-order valence-corrected chi connectivity index (χ1v) is 6.87. The predicted molar refractivity (Wildman–Crippen MR) is 70.4 cm³/mol. The molecule has 3 nitrogen and oxygen atoms in total. The highest BCUT2D eigenvalue weighted by atomic mass is 127. The lowest BCUT2D eigenvalue weighted by Gasteiger charge is -2.02. The molecule has 5 heteroatoms. The topological polar surface area (TPSA) is 39.2 Å². The van der Waals surface area contributed by atoms with Crippen molar-refractivity contribution < 1.29 is 9.53 Å². The third kappa shape index (κ3) is 1.82. The first-order chi connectivity index (χ1) is 7.72. The van der Waals surface area contributed by atoms with Gasteiger partial charge in [0, 0.05) is 16.4 Å². The van der Waals surface area contributed by atoms with Gasteiger partial charge in [-0.15, -0.1) is 11.3 Å². The molecule has 1 fully saturated rings. The van der Waals surface area contributed by atoms with Gasteiger partial charge >= 0.3 is 5.97 Å². The molecule has 0 radical (unpaired) electrons. The molecule has 1 atom stereocenters. The number of aromatic nitrogens is 1. The summed E-state index contributed by atoms with van der Waals surface area (Å²) < 4.78 is 7.57. The number of thiazole rings is 1. The van der Waals surface area contributed by atoms with Crippen LogP contribution in [0.3, 0.4) is 0 Å². The van der Waals surface area contributed by atoms with E-state index in [-0.39, 0.29) is 12.1 Å². The molecule has 2 aromatic rings. The van der Waals surface area contributed by atoms with E-state index >= 15 is 0 Å². The number of carbonyl (C=O) groups excluding carboxylic acids is 1. The molecular formula is C11H8INO2S. The lowest BCUT2D eigenvalue weighted by Crippen LogP contribution is -1.97. The minimum atomic E-state index is -0.123. The summed E-state index contributed by atoms with van der Waals surface area (Å²) in [7, 11) is 0. The predicted octanol–water partition coefficient (Wildman–Crippen LogP) is 3.28. The Morgan fingerprint density at radius 3 is 3.12 bits per heavy atom. The number of cyclic esters (lactones) is 1. The standard InChI is InChI=1S/C11H8INO2S/c12-6-1-2-7-9(5-6)16-11(13-7)8-3-4-10(14)15-8/h1-2,5,8H,3-4H2. The molecule has 0 amide bonds. The number of fused-ring (bicyclic) bond motifs is 1. The largest absolute Gasteiger partial charge is 0.455 e. The van der Waals surface area contributed by atoms with E-state index in [1.807, 2.05) is 12.1 Å². The van der Waals surface area contributed by atoms with E-state index in [1.54, 1.807) is 11.3 Å². The number of benzene rings is 1. The van der Waals surface area contributed by atoms with E-state index in [2.05, 4.69) is 33.6 Å². The summed E-state index contributed by atoms with van der Waals surface area (Å²) in [4.78, 5) is 15.6. The molecule has 1 aliphatic rings. The summed E-state index contributed by atoms with van der Waals surface area (Å²) in [6.45, 7) is 0. The second kappa shape index (κ2) is 3.96. The molecule has 0 aliphatic carbocycles. The molecule has 0 bridgehead atoms. The lowest BCUT2D eigenvalue weighted by molar-refractivity contribution is -0.141. The van der Waals surface area contributed by atoms with Crippen molar-refractivity contribution in [3.05, 3.63) is 26.8 Å². The second-order valence-electron chi connectivity index (χ2n) is 3.68. The molecule has 2 heterocycles. The quantitative estimate of drug-likeness (QED) is 0.588. The average Bonchev–Trinajstić information content (AvgIpc) is 2.83. The molecule has 1 unspecified atom stereocenters. The minimum Gasteiger partial charge on any atom is -0.455 e. The third-order valence-corrected chi connectivity index (χ3v) is 4.31. The molecule has 0 N–H and O–H groups in total. The number of esters is 1. The highest BCUT2D eigenvalue weighted by Crippen LogP contribution is 2.35. The number of nitrogens with zero attached hydrogens (tertiary/aromatic N) is 1. The molecule has 1 aromatic carbocycles. The number of hydrogen-bond acceptors (Lipinski definition) is 4. The SMILES string of the molecule is O=C1CCC(c2nc3ccc(I)cc3s2)O1. The number of halogens is 1. The summed E-state index contributed by atoms with van der Waals surface area (Å²) >= 11 is 3.90. The molecular weight excluding hydrogens is 337 g/mol. The van der Waals surface area contributed by atoms with E-state index < -0.39 is 0 Å². The zero-order chi connectivity index (χ0) is 11.1. The Morgan fingerprint density at radius 2 is 2.38 bits per heavy atom. The Morgan fingerprint density at radius 1 is 1.50 bits per heavy atom. The number of hydrogen-bond donors (Lipinski definition) is 0. The fourth-order valence-corrected chi connectivity index (χ4v) is 3.53. The molecule has 0 saturated carbocycles. The average molecular weight is 345 g/mol. The molecule has 1 aromatic heterocycles. The Bertz CT molecular complexity index is 566. The smallest absolute Gasteiger partial charge is 0.306 e. The zero-order valence-corrected chi connectivity index (χ0v) is 11.2. The summed E-state index contributed by atoms with van der Waals surface area (Å²) in [5, 5.41) is 0.919. The van der Waals surface area contributed by atoms with Gasteiger partial charge in [0.15, 0.2) is 6.10 Å². The fourth-order valence-electron chi connectivity index (χ4n) is 1.75. The van der Waals surface area contributed by atoms with E-state index in [1.165, 1.54) is 3.57 Å². The van der Waals surface area contributed by atoms with Crippen LogP contribution in [0.5, 0.6) is 0 Å². The van der Waals surface area contributed by atoms with Gasteiger partial charge in [0.1, 0.15) is 5.01 Å². The minimum absolute atomic E-state index is 0.112. The maximum atomic E-state index is 11.0. The van der Waals surface area contributed by atoms with Gasteiger partial charge < -0.3 is 4.74 Å². The van der Waals surface area contributed by atoms with E-state index in [9.17, 15) is 4.79 Å². The highest BCUT2D eigenvalue weighted by molar-refractivity contribution is 14.1. The first-order valence-electron chi connectivity index (χ1n) is 4.98. The van der Waals surface area contributed by atoms with Gasteiger partial charge in [-0.1, -0.05) is 0 Å². The van der Waals surface area contributed by atoms with E-state index in [0.717, 1.165) is 21.6 Å². The summed E-state index contributed by atoms with van der Waals surface area (Å²) in [6, 6.07) is 6.15. The van der Waals surface area contributed by atoms with Crippen molar-refractivity contribution in [3.8, 4) is 0 Å². The summed E-state index contributed by atoms with van der Waals surface area (Å²) in [5.41, 5.74) is 0.989. The van der Waals surface area contributed by atoms with Crippen LogP contribution in [-0.4, -0.2) is 11.0 Å². The Balaban J connectivity index is 2.02. The van der Waals surface area contributed by atoms with Crippen molar-refractivity contribution in [2.24, 2.45) is 0 Å². The van der Waals surface area contributed by atoms with Crippen LogP contribution in [0.25, 0.3) is 10.2 Å². The number of rotatable bonds is 1. The molecule has 82 valence electrons. The molecule has 0 spiro atoms. The lowest BCUT2D eigenvalue weighted by atomic mass is 10.2. The maximum absolute atomic E-state index is 11.0. The van der Waals surface area contributed by atoms with Crippen LogP contribution in [0, 0.1) is 3.57 Å². The molecule has 3 rings (SSSR count). The van der Waals surface area contributed by atoms with Crippen molar-refractivity contribution in [1.29, 1.82) is 0 Å². The van der Waals surface area contributed by atoms with Crippen LogP contribution in [0.15, 0.2) is 18.2 Å². The Hall–Kier alpha value is -0.690. The molecule has 16 heavy (non-hydrogen) atoms. The number of ether oxygens (including phenoxy) is 1. The van der Waals surface area contributed by atoms with Crippen molar-refractivity contribution in [3.63, 3.8) is 0 Å². The van der Waals surface area contributed by atoms with Gasteiger partial charge in [-0.3, -0.25) is 4.79 Å². The number of carbonyl (C=O) groups is 1. The first kappa shape index (κ1) is 10.5. The molecule has 1 aliphatic heterocycles. The van der Waals surface area contributed by atoms with Crippen molar-refractivity contribution >= 4 is 50.1 Å². The Labute approximate surface area is 110 Å². The van der Waals surface area contributed by atoms with Gasteiger partial charge in [0.05, 0.1) is 10.2 Å². The second-order valence-corrected chi connectivity index (χ2v) is 5.99. The van der Waals surface area contributed by atoms with Crippen molar-refractivity contribution in [2.45, 2.75) is 18.9 Å². The van der Waals surface area contributed by atoms with E-state index in [4.69, 9.17) is 4.74 Å². The van der Waals surface area contributed by atoms with Crippen molar-refractivity contribution in [1.82, 2.24) is 4.98 Å².